The molecule has 0 unspecified atom stereocenters. The lowest BCUT2D eigenvalue weighted by molar-refractivity contribution is -0.744. The van der Waals surface area contributed by atoms with E-state index in [4.69, 9.17) is 0 Å². The Morgan fingerprint density at radius 2 is 2.15 bits per heavy atom. The van der Waals surface area contributed by atoms with Crippen molar-refractivity contribution in [3.8, 4) is 0 Å². The molecule has 2 rings (SSSR count). The summed E-state index contributed by atoms with van der Waals surface area (Å²) in [4.78, 5) is 9.00. The van der Waals surface area contributed by atoms with Crippen LogP contribution in [0.2, 0.25) is 0 Å². The van der Waals surface area contributed by atoms with Gasteiger partial charge in [-0.05, 0) is 4.07 Å². The van der Waals surface area contributed by atoms with Gasteiger partial charge in [-0.15, -0.1) is 0 Å². The van der Waals surface area contributed by atoms with Crippen LogP contribution in [0, 0.1) is 0 Å². The highest BCUT2D eigenvalue weighted by molar-refractivity contribution is 7.08. The monoisotopic (exact) mass is 195 g/mol. The Balaban J connectivity index is 2.63. The van der Waals surface area contributed by atoms with E-state index in [9.17, 15) is 0 Å². The van der Waals surface area contributed by atoms with Crippen LogP contribution >= 0.6 is 11.5 Å². The smallest absolute Gasteiger partial charge is 0.217 e. The second-order valence-corrected chi connectivity index (χ2v) is 4.76. The van der Waals surface area contributed by atoms with Gasteiger partial charge in [0.15, 0.2) is 22.6 Å². The molecule has 0 spiro atoms. The van der Waals surface area contributed by atoms with Crippen LogP contribution in [0.1, 0.15) is 20.8 Å². The number of nitrogens with zero attached hydrogens (tertiary/aromatic N) is 4. The van der Waals surface area contributed by atoms with Crippen LogP contribution in [0.15, 0.2) is 12.5 Å². The molecule has 68 valence electrons. The maximum Gasteiger partial charge on any atom is 0.217 e. The number of rotatable bonds is 0. The zero-order chi connectivity index (χ0) is 9.47. The Morgan fingerprint density at radius 1 is 1.38 bits per heavy atom. The Hall–Kier alpha value is -1.10. The van der Waals surface area contributed by atoms with Crippen LogP contribution in [-0.4, -0.2) is 15.1 Å². The predicted octanol–water partition coefficient (Wildman–Crippen LogP) is 1.13. The summed E-state index contributed by atoms with van der Waals surface area (Å²) in [5.41, 5.74) is 0.883. The lowest BCUT2D eigenvalue weighted by atomic mass is 10.1. The van der Waals surface area contributed by atoms with Gasteiger partial charge in [0.1, 0.15) is 6.33 Å². The zero-order valence-electron chi connectivity index (χ0n) is 7.85. The van der Waals surface area contributed by atoms with Gasteiger partial charge in [0.25, 0.3) is 0 Å². The minimum absolute atomic E-state index is 0.0192. The molecule has 0 radical (unpaired) electrons. The fourth-order valence-electron chi connectivity index (χ4n) is 0.937. The van der Waals surface area contributed by atoms with E-state index in [0.29, 0.717) is 0 Å². The molecule has 0 saturated carbocycles. The summed E-state index contributed by atoms with van der Waals surface area (Å²) in [7, 11) is 0. The first-order valence-electron chi connectivity index (χ1n) is 4.07. The SMILES string of the molecule is CC(C)(C)[n+]1nc2cncnc2s1. The Bertz CT molecular complexity index is 396. The maximum absolute atomic E-state index is 4.39. The molecule has 0 bridgehead atoms. The summed E-state index contributed by atoms with van der Waals surface area (Å²) < 4.78 is 1.95. The average Bonchev–Trinajstić information content (AvgIpc) is 2.45. The predicted molar refractivity (Wildman–Crippen MR) is 50.4 cm³/mol. The largest absolute Gasteiger partial charge is 0.242 e. The summed E-state index contributed by atoms with van der Waals surface area (Å²) in [6, 6.07) is 0. The van der Waals surface area contributed by atoms with Crippen LogP contribution in [0.25, 0.3) is 10.3 Å². The lowest BCUT2D eigenvalue weighted by Gasteiger charge is -2.03. The molecular formula is C8H11N4S+. The number of hydrogen-bond donors (Lipinski definition) is 0. The molecule has 2 aromatic heterocycles. The van der Waals surface area contributed by atoms with Crippen molar-refractivity contribution in [2.75, 3.05) is 0 Å². The van der Waals surface area contributed by atoms with Gasteiger partial charge < -0.3 is 0 Å². The van der Waals surface area contributed by atoms with Gasteiger partial charge in [0, 0.05) is 25.9 Å². The molecule has 0 aliphatic rings. The second-order valence-electron chi connectivity index (χ2n) is 3.85. The van der Waals surface area contributed by atoms with E-state index < -0.39 is 0 Å². The van der Waals surface area contributed by atoms with Crippen LogP contribution in [-0.2, 0) is 5.54 Å². The summed E-state index contributed by atoms with van der Waals surface area (Å²) in [5.74, 6) is 0. The number of fused-ring (bicyclic) bond motifs is 1. The van der Waals surface area contributed by atoms with Gasteiger partial charge in [-0.3, -0.25) is 0 Å². The van der Waals surface area contributed by atoms with Crippen molar-refractivity contribution in [1.29, 1.82) is 0 Å². The van der Waals surface area contributed by atoms with Crippen molar-refractivity contribution in [2.24, 2.45) is 0 Å². The molecule has 0 aromatic carbocycles. The molecule has 2 aromatic rings. The van der Waals surface area contributed by atoms with Crippen LogP contribution in [0.4, 0.5) is 0 Å². The number of aromatic nitrogens is 4. The summed E-state index contributed by atoms with van der Waals surface area (Å²) in [5, 5.41) is 4.39. The number of hydrogen-bond acceptors (Lipinski definition) is 4. The molecule has 5 heteroatoms. The first-order valence-corrected chi connectivity index (χ1v) is 4.84. The molecule has 2 heterocycles. The standard InChI is InChI=1S/C8H11N4S/c1-8(2,3)12-11-6-4-9-5-10-7(6)13-12/h4-5H,1-3H3/q+1. The maximum atomic E-state index is 4.39. The van der Waals surface area contributed by atoms with Crippen molar-refractivity contribution >= 4 is 21.9 Å². The van der Waals surface area contributed by atoms with E-state index in [1.54, 1.807) is 24.1 Å². The highest BCUT2D eigenvalue weighted by Gasteiger charge is 2.27. The van der Waals surface area contributed by atoms with Gasteiger partial charge in [-0.25, -0.2) is 9.97 Å². The van der Waals surface area contributed by atoms with Crippen molar-refractivity contribution in [2.45, 2.75) is 26.3 Å². The van der Waals surface area contributed by atoms with E-state index in [1.165, 1.54) is 0 Å². The summed E-state index contributed by atoms with van der Waals surface area (Å²) in [6.07, 6.45) is 3.29. The minimum Gasteiger partial charge on any atom is -0.242 e. The molecular weight excluding hydrogens is 184 g/mol. The summed E-state index contributed by atoms with van der Waals surface area (Å²) >= 11 is 1.56. The molecule has 0 fully saturated rings. The minimum atomic E-state index is 0.0192. The van der Waals surface area contributed by atoms with Crippen molar-refractivity contribution < 1.29 is 4.07 Å². The molecule has 0 saturated heterocycles. The van der Waals surface area contributed by atoms with Crippen molar-refractivity contribution in [3.05, 3.63) is 12.5 Å². The topological polar surface area (TPSA) is 42.5 Å². The first kappa shape index (κ1) is 8.50. The van der Waals surface area contributed by atoms with E-state index in [-0.39, 0.29) is 5.54 Å². The molecule has 0 aliphatic heterocycles. The quantitative estimate of drug-likeness (QED) is 0.592. The van der Waals surface area contributed by atoms with E-state index in [1.807, 2.05) is 4.07 Å². The fourth-order valence-corrected chi connectivity index (χ4v) is 1.78. The molecule has 0 aliphatic carbocycles. The summed E-state index contributed by atoms with van der Waals surface area (Å²) in [6.45, 7) is 6.34. The van der Waals surface area contributed by atoms with E-state index in [0.717, 1.165) is 10.3 Å². The third kappa shape index (κ3) is 1.51. The van der Waals surface area contributed by atoms with Gasteiger partial charge in [0.2, 0.25) is 4.83 Å². The van der Waals surface area contributed by atoms with Crippen molar-refractivity contribution in [1.82, 2.24) is 15.1 Å². The fraction of sp³-hybridized carbons (Fsp3) is 0.500. The average molecular weight is 195 g/mol. The van der Waals surface area contributed by atoms with Crippen LogP contribution in [0.3, 0.4) is 0 Å². The third-order valence-corrected chi connectivity index (χ3v) is 2.89. The second kappa shape index (κ2) is 2.70. The molecule has 13 heavy (non-hydrogen) atoms. The van der Waals surface area contributed by atoms with E-state index in [2.05, 4.69) is 35.8 Å². The molecule has 0 atom stereocenters. The van der Waals surface area contributed by atoms with Crippen LogP contribution in [0.5, 0.6) is 0 Å². The normalized spacial score (nSPS) is 12.2. The first-order chi connectivity index (χ1) is 6.07. The Labute approximate surface area is 80.4 Å². The molecule has 4 nitrogen and oxygen atoms in total. The zero-order valence-corrected chi connectivity index (χ0v) is 8.67. The Kier molecular flexibility index (Phi) is 1.76. The molecule has 0 amide bonds. The van der Waals surface area contributed by atoms with Crippen molar-refractivity contribution in [3.63, 3.8) is 0 Å². The highest BCUT2D eigenvalue weighted by Crippen LogP contribution is 2.12. The van der Waals surface area contributed by atoms with Gasteiger partial charge in [-0.2, -0.15) is 0 Å². The Morgan fingerprint density at radius 3 is 2.77 bits per heavy atom. The van der Waals surface area contributed by atoms with E-state index >= 15 is 0 Å². The van der Waals surface area contributed by atoms with Gasteiger partial charge in [-0.1, -0.05) is 0 Å². The molecule has 0 N–H and O–H groups in total. The van der Waals surface area contributed by atoms with Crippen LogP contribution < -0.4 is 4.07 Å². The van der Waals surface area contributed by atoms with Gasteiger partial charge in [0.05, 0.1) is 6.20 Å². The lowest BCUT2D eigenvalue weighted by Crippen LogP contribution is -2.49. The van der Waals surface area contributed by atoms with Gasteiger partial charge >= 0.3 is 0 Å². The third-order valence-electron chi connectivity index (χ3n) is 1.60. The highest BCUT2D eigenvalue weighted by atomic mass is 32.1.